The lowest BCUT2D eigenvalue weighted by Gasteiger charge is -2.11. The molecular weight excluding hydrogens is 614 g/mol. The second-order valence-corrected chi connectivity index (χ2v) is 8.29. The molecule has 1 amide bonds. The molecule has 0 saturated heterocycles. The van der Waals surface area contributed by atoms with Crippen LogP contribution in [-0.2, 0) is 6.61 Å². The van der Waals surface area contributed by atoms with Crippen molar-refractivity contribution in [1.82, 2.24) is 10.4 Å². The van der Waals surface area contributed by atoms with Crippen molar-refractivity contribution in [1.29, 1.82) is 0 Å². The number of non-ortho nitro benzene ring substituents is 1. The molecule has 0 atom stereocenters. The molecule has 0 aliphatic carbocycles. The van der Waals surface area contributed by atoms with Gasteiger partial charge in [-0.15, -0.1) is 0 Å². The number of amides is 1. The first-order valence-electron chi connectivity index (χ1n) is 8.52. The van der Waals surface area contributed by atoms with Gasteiger partial charge < -0.3 is 4.74 Å². The smallest absolute Gasteiger partial charge is 0.271 e. The van der Waals surface area contributed by atoms with Gasteiger partial charge in [0, 0.05) is 30.1 Å². The maximum Gasteiger partial charge on any atom is 0.271 e. The van der Waals surface area contributed by atoms with E-state index in [2.05, 4.69) is 60.7 Å². The summed E-state index contributed by atoms with van der Waals surface area (Å²) in [6.45, 7) is 0.291. The summed E-state index contributed by atoms with van der Waals surface area (Å²) in [4.78, 5) is 26.2. The molecule has 0 bridgehead atoms. The van der Waals surface area contributed by atoms with Crippen LogP contribution in [-0.4, -0.2) is 22.0 Å². The van der Waals surface area contributed by atoms with Crippen LogP contribution in [0.4, 0.5) is 5.69 Å². The zero-order valence-electron chi connectivity index (χ0n) is 15.3. The molecule has 0 aliphatic rings. The molecule has 2 aromatic carbocycles. The summed E-state index contributed by atoms with van der Waals surface area (Å²) < 4.78 is 7.66. The zero-order valence-corrected chi connectivity index (χ0v) is 19.6. The van der Waals surface area contributed by atoms with Gasteiger partial charge in [0.05, 0.1) is 18.3 Å². The Balaban J connectivity index is 1.63. The number of carbonyl (C=O) groups is 1. The number of hydrazone groups is 1. The average molecular weight is 628 g/mol. The second kappa shape index (κ2) is 10.4. The molecule has 8 nitrogen and oxygen atoms in total. The van der Waals surface area contributed by atoms with Gasteiger partial charge in [-0.3, -0.25) is 19.9 Å². The molecule has 152 valence electrons. The van der Waals surface area contributed by atoms with Crippen molar-refractivity contribution in [2.75, 3.05) is 0 Å². The Kier molecular flexibility index (Phi) is 7.68. The summed E-state index contributed by atoms with van der Waals surface area (Å²) >= 11 is 4.34. The van der Waals surface area contributed by atoms with Crippen LogP contribution in [0.2, 0.25) is 0 Å². The first-order valence-corrected chi connectivity index (χ1v) is 10.7. The number of halogens is 2. The molecular formula is C20H14I2N4O4. The van der Waals surface area contributed by atoms with Gasteiger partial charge in [-0.25, -0.2) is 5.43 Å². The van der Waals surface area contributed by atoms with Crippen LogP contribution >= 0.6 is 45.2 Å². The molecule has 0 spiro atoms. The van der Waals surface area contributed by atoms with Crippen molar-refractivity contribution >= 4 is 63.0 Å². The van der Waals surface area contributed by atoms with Crippen LogP contribution in [0.15, 0.2) is 66.0 Å². The zero-order chi connectivity index (χ0) is 21.5. The number of carbonyl (C=O) groups excluding carboxylic acids is 1. The molecule has 0 saturated carbocycles. The Morgan fingerprint density at radius 2 is 1.77 bits per heavy atom. The lowest BCUT2D eigenvalue weighted by atomic mass is 10.2. The normalized spacial score (nSPS) is 10.7. The summed E-state index contributed by atoms with van der Waals surface area (Å²) in [6.07, 6.45) is 4.64. The Labute approximate surface area is 199 Å². The SMILES string of the molecule is O=C(N/N=C/c1cc(I)c(OCc2ccc([N+](=O)[O-])cc2)c(I)c1)c1ccncc1. The number of nitro groups is 1. The lowest BCUT2D eigenvalue weighted by Crippen LogP contribution is -2.17. The first kappa shape index (κ1) is 22.1. The Morgan fingerprint density at radius 3 is 2.37 bits per heavy atom. The quantitative estimate of drug-likeness (QED) is 0.179. The van der Waals surface area contributed by atoms with Gasteiger partial charge in [0.25, 0.3) is 11.6 Å². The number of hydrogen-bond acceptors (Lipinski definition) is 6. The standard InChI is InChI=1S/C20H14I2N4O4/c21-17-9-14(11-24-25-20(27)15-5-7-23-8-6-15)10-18(22)19(17)30-12-13-1-3-16(4-2-13)26(28)29/h1-11H,12H2,(H,25,27)/b24-11+. The van der Waals surface area contributed by atoms with E-state index in [1.165, 1.54) is 12.1 Å². The number of ether oxygens (including phenoxy) is 1. The summed E-state index contributed by atoms with van der Waals surface area (Å²) in [5, 5.41) is 14.7. The molecule has 0 aliphatic heterocycles. The molecule has 1 aromatic heterocycles. The number of pyridine rings is 1. The fourth-order valence-corrected chi connectivity index (χ4v) is 4.52. The summed E-state index contributed by atoms with van der Waals surface area (Å²) in [5.41, 5.74) is 4.63. The van der Waals surface area contributed by atoms with Crippen molar-refractivity contribution in [2.45, 2.75) is 6.61 Å². The minimum Gasteiger partial charge on any atom is -0.487 e. The molecule has 1 heterocycles. The number of rotatable bonds is 7. The largest absolute Gasteiger partial charge is 0.487 e. The average Bonchev–Trinajstić information content (AvgIpc) is 2.74. The van der Waals surface area contributed by atoms with Gasteiger partial charge in [-0.05, 0) is 92.7 Å². The van der Waals surface area contributed by atoms with Crippen LogP contribution in [0, 0.1) is 17.3 Å². The number of nitro benzene ring substituents is 1. The lowest BCUT2D eigenvalue weighted by molar-refractivity contribution is -0.384. The van der Waals surface area contributed by atoms with Crippen molar-refractivity contribution in [3.63, 3.8) is 0 Å². The van der Waals surface area contributed by atoms with E-state index in [9.17, 15) is 14.9 Å². The monoisotopic (exact) mass is 628 g/mol. The molecule has 3 rings (SSSR count). The predicted molar refractivity (Wildman–Crippen MR) is 129 cm³/mol. The van der Waals surface area contributed by atoms with Crippen LogP contribution in [0.5, 0.6) is 5.75 Å². The number of hydrogen-bond donors (Lipinski definition) is 1. The highest BCUT2D eigenvalue weighted by atomic mass is 127. The van der Waals surface area contributed by atoms with Gasteiger partial charge in [0.15, 0.2) is 0 Å². The first-order chi connectivity index (χ1) is 14.4. The Bertz CT molecular complexity index is 1070. The van der Waals surface area contributed by atoms with Gasteiger partial charge in [0.1, 0.15) is 12.4 Å². The number of benzene rings is 2. The van der Waals surface area contributed by atoms with E-state index in [4.69, 9.17) is 4.74 Å². The highest BCUT2D eigenvalue weighted by Crippen LogP contribution is 2.29. The van der Waals surface area contributed by atoms with E-state index < -0.39 is 4.92 Å². The maximum absolute atomic E-state index is 12.0. The van der Waals surface area contributed by atoms with Crippen LogP contribution in [0.25, 0.3) is 0 Å². The molecule has 0 fully saturated rings. The van der Waals surface area contributed by atoms with E-state index in [1.807, 2.05) is 12.1 Å². The third kappa shape index (κ3) is 5.95. The molecule has 0 radical (unpaired) electrons. The van der Waals surface area contributed by atoms with E-state index in [0.29, 0.717) is 17.9 Å². The van der Waals surface area contributed by atoms with Crippen molar-refractivity contribution < 1.29 is 14.5 Å². The highest BCUT2D eigenvalue weighted by molar-refractivity contribution is 14.1. The van der Waals surface area contributed by atoms with Crippen LogP contribution in [0.3, 0.4) is 0 Å². The highest BCUT2D eigenvalue weighted by Gasteiger charge is 2.10. The topological polar surface area (TPSA) is 107 Å². The number of aromatic nitrogens is 1. The summed E-state index contributed by atoms with van der Waals surface area (Å²) in [6, 6.07) is 13.2. The van der Waals surface area contributed by atoms with E-state index in [0.717, 1.165) is 18.3 Å². The summed E-state index contributed by atoms with van der Waals surface area (Å²) in [7, 11) is 0. The van der Waals surface area contributed by atoms with E-state index >= 15 is 0 Å². The molecule has 0 unspecified atom stereocenters. The third-order valence-corrected chi connectivity index (χ3v) is 5.48. The molecule has 1 N–H and O–H groups in total. The molecule has 30 heavy (non-hydrogen) atoms. The Hall–Kier alpha value is -2.61. The maximum atomic E-state index is 12.0. The van der Waals surface area contributed by atoms with Crippen LogP contribution < -0.4 is 10.2 Å². The minimum atomic E-state index is -0.434. The van der Waals surface area contributed by atoms with Crippen molar-refractivity contribution in [2.24, 2.45) is 5.10 Å². The second-order valence-electron chi connectivity index (χ2n) is 5.96. The predicted octanol–water partition coefficient (Wildman–Crippen LogP) is 4.54. The molecule has 3 aromatic rings. The fraction of sp³-hybridized carbons (Fsp3) is 0.0500. The van der Waals surface area contributed by atoms with Gasteiger partial charge in [-0.1, -0.05) is 0 Å². The van der Waals surface area contributed by atoms with Gasteiger partial charge in [0.2, 0.25) is 0 Å². The van der Waals surface area contributed by atoms with E-state index in [1.54, 1.807) is 42.9 Å². The fourth-order valence-electron chi connectivity index (χ4n) is 2.39. The third-order valence-electron chi connectivity index (χ3n) is 3.87. The Morgan fingerprint density at radius 1 is 1.13 bits per heavy atom. The number of nitrogens with zero attached hydrogens (tertiary/aromatic N) is 3. The van der Waals surface area contributed by atoms with E-state index in [-0.39, 0.29) is 11.6 Å². The number of nitrogens with one attached hydrogen (secondary N) is 1. The van der Waals surface area contributed by atoms with Crippen LogP contribution in [0.1, 0.15) is 21.5 Å². The van der Waals surface area contributed by atoms with Crippen molar-refractivity contribution in [3.05, 3.63) is 94.9 Å². The van der Waals surface area contributed by atoms with Gasteiger partial charge in [-0.2, -0.15) is 5.10 Å². The van der Waals surface area contributed by atoms with Crippen molar-refractivity contribution in [3.8, 4) is 5.75 Å². The molecule has 10 heteroatoms. The van der Waals surface area contributed by atoms with Gasteiger partial charge >= 0.3 is 0 Å². The minimum absolute atomic E-state index is 0.0440. The summed E-state index contributed by atoms with van der Waals surface area (Å²) in [5.74, 6) is 0.397.